The first-order chi connectivity index (χ1) is 8.63. The van der Waals surface area contributed by atoms with Crippen LogP contribution in [0.3, 0.4) is 0 Å². The molecule has 2 N–H and O–H groups in total. The topological polar surface area (TPSA) is 32.3 Å². The molecule has 18 heavy (non-hydrogen) atoms. The molecule has 2 nitrogen and oxygen atoms in total. The van der Waals surface area contributed by atoms with Crippen LogP contribution in [0.2, 0.25) is 0 Å². The fourth-order valence-electron chi connectivity index (χ4n) is 1.73. The normalized spacial score (nSPS) is 10.6. The second-order valence-electron chi connectivity index (χ2n) is 4.05. The molecule has 0 saturated carbocycles. The van der Waals surface area contributed by atoms with Gasteiger partial charge in [-0.25, -0.2) is 8.78 Å². The van der Waals surface area contributed by atoms with Gasteiger partial charge >= 0.3 is 0 Å². The Morgan fingerprint density at radius 2 is 1.61 bits per heavy atom. The SMILES string of the molecule is Oc1cc(F)cc(CNCc2cccc(F)c2)c1. The Bertz CT molecular complexity index is 523. The molecule has 0 saturated heterocycles. The fourth-order valence-corrected chi connectivity index (χ4v) is 1.73. The summed E-state index contributed by atoms with van der Waals surface area (Å²) < 4.78 is 25.9. The van der Waals surface area contributed by atoms with Crippen molar-refractivity contribution in [3.63, 3.8) is 0 Å². The quantitative estimate of drug-likeness (QED) is 0.873. The van der Waals surface area contributed by atoms with Gasteiger partial charge in [-0.2, -0.15) is 0 Å². The molecule has 2 aromatic rings. The number of rotatable bonds is 4. The second-order valence-corrected chi connectivity index (χ2v) is 4.05. The van der Waals surface area contributed by atoms with Gasteiger partial charge in [0.2, 0.25) is 0 Å². The van der Waals surface area contributed by atoms with E-state index >= 15 is 0 Å². The number of phenols is 1. The van der Waals surface area contributed by atoms with Crippen molar-refractivity contribution in [3.05, 3.63) is 65.2 Å². The van der Waals surface area contributed by atoms with Gasteiger partial charge in [0.05, 0.1) is 0 Å². The van der Waals surface area contributed by atoms with Crippen molar-refractivity contribution < 1.29 is 13.9 Å². The van der Waals surface area contributed by atoms with E-state index in [1.807, 2.05) is 0 Å². The maximum atomic E-state index is 13.0. The Labute approximate surface area is 104 Å². The van der Waals surface area contributed by atoms with E-state index in [0.717, 1.165) is 11.6 Å². The maximum absolute atomic E-state index is 13.0. The molecule has 0 fully saturated rings. The molecular formula is C14H13F2NO. The molecule has 0 amide bonds. The number of nitrogens with one attached hydrogen (secondary N) is 1. The highest BCUT2D eigenvalue weighted by Gasteiger charge is 2.00. The van der Waals surface area contributed by atoms with Crippen molar-refractivity contribution in [2.45, 2.75) is 13.1 Å². The van der Waals surface area contributed by atoms with Crippen molar-refractivity contribution in [1.82, 2.24) is 5.32 Å². The van der Waals surface area contributed by atoms with Crippen LogP contribution in [-0.4, -0.2) is 5.11 Å². The van der Waals surface area contributed by atoms with E-state index in [0.29, 0.717) is 18.7 Å². The Kier molecular flexibility index (Phi) is 3.89. The molecule has 0 unspecified atom stereocenters. The Morgan fingerprint density at radius 1 is 0.889 bits per heavy atom. The zero-order valence-corrected chi connectivity index (χ0v) is 9.66. The fraction of sp³-hybridized carbons (Fsp3) is 0.143. The monoisotopic (exact) mass is 249 g/mol. The molecule has 0 atom stereocenters. The minimum absolute atomic E-state index is 0.0995. The summed E-state index contributed by atoms with van der Waals surface area (Å²) in [5, 5.41) is 12.3. The largest absolute Gasteiger partial charge is 0.508 e. The van der Waals surface area contributed by atoms with E-state index < -0.39 is 5.82 Å². The molecule has 0 aliphatic heterocycles. The first-order valence-electron chi connectivity index (χ1n) is 5.57. The molecule has 0 aromatic heterocycles. The minimum atomic E-state index is -0.474. The molecule has 0 spiro atoms. The van der Waals surface area contributed by atoms with Crippen LogP contribution in [0, 0.1) is 11.6 Å². The maximum Gasteiger partial charge on any atom is 0.127 e. The third kappa shape index (κ3) is 3.53. The van der Waals surface area contributed by atoms with Crippen LogP contribution in [0.1, 0.15) is 11.1 Å². The van der Waals surface area contributed by atoms with E-state index in [1.54, 1.807) is 12.1 Å². The highest BCUT2D eigenvalue weighted by molar-refractivity contribution is 5.28. The van der Waals surface area contributed by atoms with Crippen LogP contribution in [0.15, 0.2) is 42.5 Å². The second kappa shape index (κ2) is 5.60. The Morgan fingerprint density at radius 3 is 2.33 bits per heavy atom. The summed E-state index contributed by atoms with van der Waals surface area (Å²) in [6.07, 6.45) is 0. The summed E-state index contributed by atoms with van der Waals surface area (Å²) in [4.78, 5) is 0. The third-order valence-corrected chi connectivity index (χ3v) is 2.49. The first-order valence-corrected chi connectivity index (χ1v) is 5.57. The highest BCUT2D eigenvalue weighted by Crippen LogP contribution is 2.14. The molecule has 2 rings (SSSR count). The lowest BCUT2D eigenvalue weighted by atomic mass is 10.2. The van der Waals surface area contributed by atoms with Crippen molar-refractivity contribution >= 4 is 0 Å². The van der Waals surface area contributed by atoms with E-state index in [1.165, 1.54) is 24.3 Å². The van der Waals surface area contributed by atoms with Gasteiger partial charge in [0.25, 0.3) is 0 Å². The smallest absolute Gasteiger partial charge is 0.127 e. The van der Waals surface area contributed by atoms with Crippen molar-refractivity contribution in [2.24, 2.45) is 0 Å². The third-order valence-electron chi connectivity index (χ3n) is 2.49. The summed E-state index contributed by atoms with van der Waals surface area (Å²) in [6.45, 7) is 0.886. The lowest BCUT2D eigenvalue weighted by Crippen LogP contribution is -2.12. The van der Waals surface area contributed by atoms with Gasteiger partial charge in [-0.3, -0.25) is 0 Å². The molecule has 4 heteroatoms. The molecule has 0 aliphatic carbocycles. The molecule has 2 aromatic carbocycles. The van der Waals surface area contributed by atoms with E-state index in [-0.39, 0.29) is 11.6 Å². The molecule has 0 bridgehead atoms. The van der Waals surface area contributed by atoms with Crippen LogP contribution in [-0.2, 0) is 13.1 Å². The van der Waals surface area contributed by atoms with E-state index in [4.69, 9.17) is 0 Å². The molecule has 0 heterocycles. The standard InChI is InChI=1S/C14H13F2NO/c15-12-3-1-2-10(4-12)8-17-9-11-5-13(16)7-14(18)6-11/h1-7,17-18H,8-9H2. The Balaban J connectivity index is 1.92. The number of halogens is 2. The predicted molar refractivity (Wildman–Crippen MR) is 65.0 cm³/mol. The summed E-state index contributed by atoms with van der Waals surface area (Å²) in [5.74, 6) is -0.854. The van der Waals surface area contributed by atoms with Gasteiger partial charge in [-0.15, -0.1) is 0 Å². The number of aromatic hydroxyl groups is 1. The zero-order valence-electron chi connectivity index (χ0n) is 9.66. The minimum Gasteiger partial charge on any atom is -0.508 e. The van der Waals surface area contributed by atoms with Crippen LogP contribution in [0.25, 0.3) is 0 Å². The average Bonchev–Trinajstić information content (AvgIpc) is 2.27. The molecular weight excluding hydrogens is 236 g/mol. The Hall–Kier alpha value is -1.94. The van der Waals surface area contributed by atoms with Gasteiger partial charge in [0.1, 0.15) is 17.4 Å². The summed E-state index contributed by atoms with van der Waals surface area (Å²) in [7, 11) is 0. The van der Waals surface area contributed by atoms with Crippen LogP contribution >= 0.6 is 0 Å². The summed E-state index contributed by atoms with van der Waals surface area (Å²) in [5.41, 5.74) is 1.46. The highest BCUT2D eigenvalue weighted by atomic mass is 19.1. The van der Waals surface area contributed by atoms with Gasteiger partial charge in [-0.05, 0) is 35.4 Å². The predicted octanol–water partition coefficient (Wildman–Crippen LogP) is 2.96. The van der Waals surface area contributed by atoms with Gasteiger partial charge in [-0.1, -0.05) is 12.1 Å². The van der Waals surface area contributed by atoms with E-state index in [2.05, 4.69) is 5.32 Å². The van der Waals surface area contributed by atoms with Crippen LogP contribution in [0.4, 0.5) is 8.78 Å². The number of hydrogen-bond acceptors (Lipinski definition) is 2. The summed E-state index contributed by atoms with van der Waals surface area (Å²) in [6, 6.07) is 10.2. The van der Waals surface area contributed by atoms with Crippen molar-refractivity contribution in [2.75, 3.05) is 0 Å². The van der Waals surface area contributed by atoms with Gasteiger partial charge < -0.3 is 10.4 Å². The van der Waals surface area contributed by atoms with E-state index in [9.17, 15) is 13.9 Å². The first kappa shape index (κ1) is 12.5. The number of hydrogen-bond donors (Lipinski definition) is 2. The van der Waals surface area contributed by atoms with Gasteiger partial charge in [0, 0.05) is 19.2 Å². The summed E-state index contributed by atoms with van der Waals surface area (Å²) >= 11 is 0. The van der Waals surface area contributed by atoms with Crippen molar-refractivity contribution in [3.8, 4) is 5.75 Å². The zero-order chi connectivity index (χ0) is 13.0. The lowest BCUT2D eigenvalue weighted by molar-refractivity contribution is 0.467. The molecule has 0 aliphatic rings. The molecule has 0 radical (unpaired) electrons. The number of phenolic OH excluding ortho intramolecular Hbond substituents is 1. The van der Waals surface area contributed by atoms with Crippen molar-refractivity contribution in [1.29, 1.82) is 0 Å². The molecule has 94 valence electrons. The average molecular weight is 249 g/mol. The lowest BCUT2D eigenvalue weighted by Gasteiger charge is -2.06. The number of benzene rings is 2. The van der Waals surface area contributed by atoms with Crippen LogP contribution < -0.4 is 5.32 Å². The van der Waals surface area contributed by atoms with Crippen LogP contribution in [0.5, 0.6) is 5.75 Å². The van der Waals surface area contributed by atoms with Gasteiger partial charge in [0.15, 0.2) is 0 Å².